The molecule has 7 heteroatoms. The molecule has 2 amide bonds. The second kappa shape index (κ2) is 22.3. The van der Waals surface area contributed by atoms with E-state index in [0.717, 1.165) is 115 Å². The summed E-state index contributed by atoms with van der Waals surface area (Å²) in [4.78, 5) is 39.6. The summed E-state index contributed by atoms with van der Waals surface area (Å²) >= 11 is 0. The van der Waals surface area contributed by atoms with Crippen LogP contribution in [0.5, 0.6) is 5.75 Å². The summed E-state index contributed by atoms with van der Waals surface area (Å²) in [6.45, 7) is 13.6. The van der Waals surface area contributed by atoms with Gasteiger partial charge in [0.05, 0.1) is 17.7 Å². The van der Waals surface area contributed by atoms with Crippen LogP contribution in [0.1, 0.15) is 105 Å². The molecule has 7 nitrogen and oxygen atoms in total. The van der Waals surface area contributed by atoms with Crippen LogP contribution in [0, 0.1) is 18.8 Å². The number of hydrogen-bond acceptors (Lipinski definition) is 5. The highest BCUT2D eigenvalue weighted by Gasteiger charge is 2.41. The molecule has 12 rings (SSSR count). The predicted molar refractivity (Wildman–Crippen MR) is 310 cm³/mol. The quantitative estimate of drug-likeness (QED) is 0.115. The first kappa shape index (κ1) is 49.8. The van der Waals surface area contributed by atoms with E-state index in [2.05, 4.69) is 196 Å². The average Bonchev–Trinajstić information content (AvgIpc) is 4.11. The van der Waals surface area contributed by atoms with Gasteiger partial charge in [0.1, 0.15) is 5.75 Å². The van der Waals surface area contributed by atoms with Gasteiger partial charge in [-0.25, -0.2) is 0 Å². The van der Waals surface area contributed by atoms with Crippen LogP contribution in [0.25, 0.3) is 32.7 Å². The van der Waals surface area contributed by atoms with Gasteiger partial charge in [-0.3, -0.25) is 9.59 Å². The summed E-state index contributed by atoms with van der Waals surface area (Å²) in [5.41, 5.74) is 10.2. The van der Waals surface area contributed by atoms with E-state index in [9.17, 15) is 4.79 Å². The van der Waals surface area contributed by atoms with Crippen molar-refractivity contribution >= 4 is 33.4 Å². The molecule has 4 heterocycles. The fourth-order valence-electron chi connectivity index (χ4n) is 13.8. The Morgan fingerprint density at radius 1 is 0.461 bits per heavy atom. The molecule has 8 aromatic rings. The molecule has 0 radical (unpaired) electrons. The molecule has 4 fully saturated rings. The minimum absolute atomic E-state index is 0.0457. The lowest BCUT2D eigenvalue weighted by Gasteiger charge is -2.35. The highest BCUT2D eigenvalue weighted by atomic mass is 16.5. The molecule has 0 aromatic heterocycles. The molecular formula is C69H72N4O3. The van der Waals surface area contributed by atoms with Crippen LogP contribution in [0.2, 0.25) is 0 Å². The first-order valence-electron chi connectivity index (χ1n) is 28.3. The second-order valence-electron chi connectivity index (χ2n) is 22.4. The van der Waals surface area contributed by atoms with Crippen molar-refractivity contribution in [2.24, 2.45) is 11.8 Å². The number of aryl methyl sites for hydroxylation is 1. The van der Waals surface area contributed by atoms with E-state index in [1.807, 2.05) is 19.1 Å². The van der Waals surface area contributed by atoms with Crippen molar-refractivity contribution < 1.29 is 14.3 Å². The van der Waals surface area contributed by atoms with Crippen LogP contribution in [0.4, 0.5) is 0 Å². The Kier molecular flexibility index (Phi) is 14.6. The number of rotatable bonds is 13. The molecule has 8 aromatic carbocycles. The normalized spacial score (nSPS) is 20.9. The van der Waals surface area contributed by atoms with Crippen molar-refractivity contribution in [3.8, 4) is 16.9 Å². The van der Waals surface area contributed by atoms with Crippen LogP contribution >= 0.6 is 0 Å². The smallest absolute Gasteiger partial charge is 0.258 e. The molecule has 4 aliphatic heterocycles. The van der Waals surface area contributed by atoms with E-state index in [-0.39, 0.29) is 29.6 Å². The fourth-order valence-corrected chi connectivity index (χ4v) is 13.8. The summed E-state index contributed by atoms with van der Waals surface area (Å²) in [5, 5.41) is 4.06. The summed E-state index contributed by atoms with van der Waals surface area (Å²) < 4.78 is 6.30. The van der Waals surface area contributed by atoms with E-state index in [1.54, 1.807) is 0 Å². The summed E-state index contributed by atoms with van der Waals surface area (Å²) in [6, 6.07) is 65.2. The number of ether oxygens (including phenoxy) is 1. The third-order valence-corrected chi connectivity index (χ3v) is 17.9. The number of likely N-dealkylation sites (tertiary alicyclic amines) is 4. The van der Waals surface area contributed by atoms with Crippen molar-refractivity contribution in [3.63, 3.8) is 0 Å². The second-order valence-corrected chi connectivity index (χ2v) is 22.4. The zero-order valence-corrected chi connectivity index (χ0v) is 44.4. The molecule has 0 spiro atoms. The number of benzene rings is 8. The predicted octanol–water partition coefficient (Wildman–Crippen LogP) is 13.8. The topological polar surface area (TPSA) is 56.3 Å². The van der Waals surface area contributed by atoms with Gasteiger partial charge in [-0.1, -0.05) is 170 Å². The van der Waals surface area contributed by atoms with Crippen molar-refractivity contribution in [2.75, 3.05) is 72.1 Å². The molecule has 0 aliphatic carbocycles. The van der Waals surface area contributed by atoms with Gasteiger partial charge < -0.3 is 24.3 Å². The Balaban J connectivity index is 0.808. The van der Waals surface area contributed by atoms with Crippen LogP contribution in [0.3, 0.4) is 0 Å². The molecule has 386 valence electrons. The first-order chi connectivity index (χ1) is 37.3. The molecule has 0 saturated carbocycles. The molecule has 76 heavy (non-hydrogen) atoms. The number of nitrogens with zero attached hydrogens (tertiary/aromatic N) is 4. The maximum absolute atomic E-state index is 15.2. The van der Waals surface area contributed by atoms with E-state index < -0.39 is 0 Å². The monoisotopic (exact) mass is 1000 g/mol. The molecule has 0 unspecified atom stereocenters. The van der Waals surface area contributed by atoms with Gasteiger partial charge in [-0.2, -0.15) is 0 Å². The Morgan fingerprint density at radius 3 is 1.57 bits per heavy atom. The Morgan fingerprint density at radius 2 is 0.961 bits per heavy atom. The van der Waals surface area contributed by atoms with Gasteiger partial charge in [-0.05, 0) is 162 Å². The van der Waals surface area contributed by atoms with Gasteiger partial charge in [0.15, 0.2) is 0 Å². The molecule has 4 atom stereocenters. The first-order valence-corrected chi connectivity index (χ1v) is 28.3. The van der Waals surface area contributed by atoms with E-state index in [4.69, 9.17) is 4.74 Å². The third-order valence-electron chi connectivity index (χ3n) is 17.9. The van der Waals surface area contributed by atoms with Crippen LogP contribution in [0.15, 0.2) is 182 Å². The summed E-state index contributed by atoms with van der Waals surface area (Å²) in [5.74, 6) is 3.05. The molecular weight excluding hydrogens is 933 g/mol. The SMILES string of the molecule is CCOc1ccc2cc(-c3cccc([C@H]4CN(C(=O)c5c(C)ccc6ccccc56)C[C@@H]4CN4CCC(c5ccccc5)CC4)c3)ccc2c1C(=O)N1C[C@H](CN2CCC(c3ccccc3)CC2)[C@@H](c2ccccc2)C1. The van der Waals surface area contributed by atoms with Gasteiger partial charge >= 0.3 is 0 Å². The lowest BCUT2D eigenvalue weighted by molar-refractivity contribution is 0.0773. The van der Waals surface area contributed by atoms with E-state index in [1.165, 1.54) is 22.3 Å². The number of amides is 2. The highest BCUT2D eigenvalue weighted by Crippen LogP contribution is 2.42. The van der Waals surface area contributed by atoms with E-state index >= 15 is 4.79 Å². The van der Waals surface area contributed by atoms with Crippen molar-refractivity contribution in [3.05, 3.63) is 221 Å². The Hall–Kier alpha value is -7.06. The molecule has 0 bridgehead atoms. The maximum atomic E-state index is 15.2. The van der Waals surface area contributed by atoms with Gasteiger partial charge in [0, 0.05) is 51.1 Å². The van der Waals surface area contributed by atoms with Gasteiger partial charge in [0.2, 0.25) is 0 Å². The van der Waals surface area contributed by atoms with Crippen molar-refractivity contribution in [2.45, 2.75) is 63.2 Å². The minimum atomic E-state index is 0.0457. The number of hydrogen-bond donors (Lipinski definition) is 0. The summed E-state index contributed by atoms with van der Waals surface area (Å²) in [6.07, 6.45) is 4.63. The van der Waals surface area contributed by atoms with E-state index in [0.29, 0.717) is 55.3 Å². The number of carbonyl (C=O) groups is 2. The number of fused-ring (bicyclic) bond motifs is 2. The Bertz CT molecular complexity index is 3310. The minimum Gasteiger partial charge on any atom is -0.493 e. The van der Waals surface area contributed by atoms with Crippen molar-refractivity contribution in [1.82, 2.24) is 19.6 Å². The average molecular weight is 1010 g/mol. The highest BCUT2D eigenvalue weighted by molar-refractivity contribution is 6.10. The largest absolute Gasteiger partial charge is 0.493 e. The van der Waals surface area contributed by atoms with Crippen LogP contribution in [-0.4, -0.2) is 103 Å². The number of carbonyl (C=O) groups excluding carboxylic acids is 2. The number of piperidine rings is 2. The summed E-state index contributed by atoms with van der Waals surface area (Å²) in [7, 11) is 0. The van der Waals surface area contributed by atoms with Gasteiger partial charge in [-0.15, -0.1) is 0 Å². The zero-order valence-electron chi connectivity index (χ0n) is 44.4. The van der Waals surface area contributed by atoms with Gasteiger partial charge in [0.25, 0.3) is 11.8 Å². The lowest BCUT2D eigenvalue weighted by atomic mass is 9.85. The maximum Gasteiger partial charge on any atom is 0.258 e. The standard InChI is InChI=1S/C69H72N4O3/c1-3-76-65-31-29-58-41-56(28-30-62(58)67(65)69(75)73-44-59(63(46-73)53-20-11-6-12-21-53)42-70-36-32-51(33-37-70)49-16-7-4-8-17-49)55-23-15-24-57(40-55)64-47-72(68(74)66-48(2)26-27-54-22-13-14-25-61(54)66)45-60(64)43-71-38-34-52(35-39-71)50-18-9-5-10-19-50/h4-31,40-41,51-52,59-60,63-64H,3,32-39,42-47H2,1-2H3/t59-,60-,63+,64+/m0/s1. The Labute approximate surface area is 450 Å². The van der Waals surface area contributed by atoms with Crippen molar-refractivity contribution in [1.29, 1.82) is 0 Å². The molecule has 4 saturated heterocycles. The third kappa shape index (κ3) is 10.3. The molecule has 0 N–H and O–H groups in total. The zero-order chi connectivity index (χ0) is 51.5. The van der Waals surface area contributed by atoms with Crippen LogP contribution < -0.4 is 4.74 Å². The molecule has 4 aliphatic rings. The fraction of sp³-hybridized carbons (Fsp3) is 0.333. The lowest BCUT2D eigenvalue weighted by Crippen LogP contribution is -2.38. The van der Waals surface area contributed by atoms with Crippen LogP contribution in [-0.2, 0) is 0 Å².